The van der Waals surface area contributed by atoms with E-state index in [2.05, 4.69) is 51.2 Å². The van der Waals surface area contributed by atoms with E-state index < -0.39 is 0 Å². The highest BCUT2D eigenvalue weighted by Crippen LogP contribution is 2.34. The van der Waals surface area contributed by atoms with E-state index in [4.69, 9.17) is 4.74 Å². The van der Waals surface area contributed by atoms with Crippen molar-refractivity contribution in [3.63, 3.8) is 0 Å². The average molecular weight is 289 g/mol. The first-order valence-electron chi connectivity index (χ1n) is 8.41. The predicted octanol–water partition coefficient (Wildman–Crippen LogP) is 4.81. The molecule has 1 aromatic carbocycles. The Hall–Kier alpha value is -1.02. The van der Waals surface area contributed by atoms with Crippen molar-refractivity contribution in [1.29, 1.82) is 0 Å². The highest BCUT2D eigenvalue weighted by atomic mass is 16.5. The highest BCUT2D eigenvalue weighted by molar-refractivity contribution is 5.30. The Labute approximate surface area is 130 Å². The fourth-order valence-corrected chi connectivity index (χ4v) is 3.72. The number of ether oxygens (including phenoxy) is 1. The van der Waals surface area contributed by atoms with E-state index in [-0.39, 0.29) is 0 Å². The molecule has 0 spiro atoms. The Kier molecular flexibility index (Phi) is 5.69. The molecule has 0 heterocycles. The lowest BCUT2D eigenvalue weighted by molar-refractivity contribution is 0.161. The molecule has 21 heavy (non-hydrogen) atoms. The van der Waals surface area contributed by atoms with Gasteiger partial charge in [0.05, 0.1) is 7.11 Å². The summed E-state index contributed by atoms with van der Waals surface area (Å²) in [5.74, 6) is 3.34. The van der Waals surface area contributed by atoms with E-state index in [0.29, 0.717) is 12.1 Å². The van der Waals surface area contributed by atoms with Gasteiger partial charge in [-0.2, -0.15) is 0 Å². The van der Waals surface area contributed by atoms with Crippen molar-refractivity contribution in [1.82, 2.24) is 5.32 Å². The Morgan fingerprint density at radius 3 is 2.62 bits per heavy atom. The summed E-state index contributed by atoms with van der Waals surface area (Å²) in [7, 11) is 1.73. The molecule has 118 valence electrons. The van der Waals surface area contributed by atoms with E-state index in [9.17, 15) is 0 Å². The summed E-state index contributed by atoms with van der Waals surface area (Å²) in [5.41, 5.74) is 1.31. The number of benzene rings is 1. The van der Waals surface area contributed by atoms with Crippen molar-refractivity contribution < 1.29 is 4.74 Å². The van der Waals surface area contributed by atoms with Crippen molar-refractivity contribution in [2.75, 3.05) is 7.11 Å². The van der Waals surface area contributed by atoms with Gasteiger partial charge < -0.3 is 10.1 Å². The molecule has 1 fully saturated rings. The molecule has 2 rings (SSSR count). The highest BCUT2D eigenvalue weighted by Gasteiger charge is 2.31. The minimum Gasteiger partial charge on any atom is -0.497 e. The van der Waals surface area contributed by atoms with Gasteiger partial charge in [0.25, 0.3) is 0 Å². The van der Waals surface area contributed by atoms with E-state index >= 15 is 0 Å². The minimum atomic E-state index is 0.372. The Morgan fingerprint density at radius 2 is 1.95 bits per heavy atom. The van der Waals surface area contributed by atoms with Gasteiger partial charge in [-0.05, 0) is 55.2 Å². The number of hydrogen-bond acceptors (Lipinski definition) is 2. The molecule has 0 aliphatic heterocycles. The molecule has 4 unspecified atom stereocenters. The van der Waals surface area contributed by atoms with E-state index in [1.54, 1.807) is 7.11 Å². The third kappa shape index (κ3) is 4.23. The van der Waals surface area contributed by atoms with Crippen LogP contribution in [0.1, 0.15) is 58.6 Å². The lowest BCUT2D eigenvalue weighted by Gasteiger charge is -2.39. The molecule has 0 saturated heterocycles. The number of methoxy groups -OCH3 is 1. The van der Waals surface area contributed by atoms with Crippen molar-refractivity contribution >= 4 is 0 Å². The minimum absolute atomic E-state index is 0.372. The second-order valence-electron chi connectivity index (χ2n) is 7.10. The van der Waals surface area contributed by atoms with Crippen LogP contribution in [0.25, 0.3) is 0 Å². The molecule has 4 atom stereocenters. The van der Waals surface area contributed by atoms with Gasteiger partial charge in [0, 0.05) is 12.1 Å². The van der Waals surface area contributed by atoms with Crippen LogP contribution in [-0.2, 0) is 0 Å². The zero-order valence-electron chi connectivity index (χ0n) is 14.2. The summed E-state index contributed by atoms with van der Waals surface area (Å²) in [6.07, 6.45) is 4.05. The molecular formula is C19H31NO. The second-order valence-corrected chi connectivity index (χ2v) is 7.10. The Bertz CT molecular complexity index is 443. The summed E-state index contributed by atoms with van der Waals surface area (Å²) >= 11 is 0. The van der Waals surface area contributed by atoms with Gasteiger partial charge in [-0.3, -0.25) is 0 Å². The molecule has 2 heteroatoms. The lowest BCUT2D eigenvalue weighted by Crippen LogP contribution is -2.43. The third-order valence-electron chi connectivity index (χ3n) is 5.08. The van der Waals surface area contributed by atoms with Gasteiger partial charge in [0.2, 0.25) is 0 Å². The number of nitrogens with one attached hydrogen (secondary N) is 1. The third-order valence-corrected chi connectivity index (χ3v) is 5.08. The first kappa shape index (κ1) is 16.4. The van der Waals surface area contributed by atoms with Crippen molar-refractivity contribution in [2.24, 2.45) is 17.8 Å². The monoisotopic (exact) mass is 289 g/mol. The maximum Gasteiger partial charge on any atom is 0.119 e. The van der Waals surface area contributed by atoms with Crippen LogP contribution in [0.2, 0.25) is 0 Å². The molecule has 1 aliphatic carbocycles. The van der Waals surface area contributed by atoms with Gasteiger partial charge in [0.15, 0.2) is 0 Å². The largest absolute Gasteiger partial charge is 0.497 e. The first-order valence-corrected chi connectivity index (χ1v) is 8.41. The van der Waals surface area contributed by atoms with Crippen LogP contribution in [0.15, 0.2) is 24.3 Å². The first-order chi connectivity index (χ1) is 10.0. The SMILES string of the molecule is COc1cccc(C(C)NC2CC(C)CCC2C(C)C)c1. The van der Waals surface area contributed by atoms with Crippen LogP contribution < -0.4 is 10.1 Å². The molecule has 0 radical (unpaired) electrons. The molecule has 1 aromatic rings. The van der Waals surface area contributed by atoms with Crippen LogP contribution in [0.4, 0.5) is 0 Å². The average Bonchev–Trinajstić information content (AvgIpc) is 2.47. The molecular weight excluding hydrogens is 258 g/mol. The zero-order valence-corrected chi connectivity index (χ0v) is 14.2. The molecule has 0 bridgehead atoms. The van der Waals surface area contributed by atoms with Crippen molar-refractivity contribution in [2.45, 2.75) is 59.0 Å². The summed E-state index contributed by atoms with van der Waals surface area (Å²) < 4.78 is 5.34. The molecule has 2 nitrogen and oxygen atoms in total. The Morgan fingerprint density at radius 1 is 1.19 bits per heavy atom. The summed E-state index contributed by atoms with van der Waals surface area (Å²) in [4.78, 5) is 0. The fraction of sp³-hybridized carbons (Fsp3) is 0.684. The topological polar surface area (TPSA) is 21.3 Å². The fourth-order valence-electron chi connectivity index (χ4n) is 3.72. The normalized spacial score (nSPS) is 27.6. The van der Waals surface area contributed by atoms with Crippen LogP contribution in [0.5, 0.6) is 5.75 Å². The van der Waals surface area contributed by atoms with Crippen LogP contribution in [0.3, 0.4) is 0 Å². The molecule has 1 aliphatic rings. The smallest absolute Gasteiger partial charge is 0.119 e. The lowest BCUT2D eigenvalue weighted by atomic mass is 9.73. The number of rotatable bonds is 5. The van der Waals surface area contributed by atoms with Crippen molar-refractivity contribution in [3.05, 3.63) is 29.8 Å². The quantitative estimate of drug-likeness (QED) is 0.840. The van der Waals surface area contributed by atoms with Crippen LogP contribution in [0, 0.1) is 17.8 Å². The van der Waals surface area contributed by atoms with Gasteiger partial charge in [0.1, 0.15) is 5.75 Å². The molecule has 1 N–H and O–H groups in total. The maximum atomic E-state index is 5.34. The predicted molar refractivity (Wildman–Crippen MR) is 89.7 cm³/mol. The van der Waals surface area contributed by atoms with Crippen molar-refractivity contribution in [3.8, 4) is 5.75 Å². The molecule has 1 saturated carbocycles. The zero-order chi connectivity index (χ0) is 15.4. The van der Waals surface area contributed by atoms with Gasteiger partial charge in [-0.25, -0.2) is 0 Å². The summed E-state index contributed by atoms with van der Waals surface area (Å²) in [6.45, 7) is 9.39. The van der Waals surface area contributed by atoms with Gasteiger partial charge >= 0.3 is 0 Å². The van der Waals surface area contributed by atoms with E-state index in [1.165, 1.54) is 24.8 Å². The Balaban J connectivity index is 2.06. The number of hydrogen-bond donors (Lipinski definition) is 1. The standard InChI is InChI=1S/C19H31NO/c1-13(2)18-10-9-14(3)11-19(18)20-15(4)16-7-6-8-17(12-16)21-5/h6-8,12-15,18-20H,9-11H2,1-5H3. The summed E-state index contributed by atoms with van der Waals surface area (Å²) in [6, 6.07) is 9.43. The molecule has 0 aromatic heterocycles. The molecule has 0 amide bonds. The second kappa shape index (κ2) is 7.31. The van der Waals surface area contributed by atoms with Gasteiger partial charge in [-0.15, -0.1) is 0 Å². The summed E-state index contributed by atoms with van der Waals surface area (Å²) in [5, 5.41) is 3.89. The van der Waals surface area contributed by atoms with Crippen LogP contribution in [-0.4, -0.2) is 13.2 Å². The van der Waals surface area contributed by atoms with Crippen LogP contribution >= 0.6 is 0 Å². The van der Waals surface area contributed by atoms with Gasteiger partial charge in [-0.1, -0.05) is 39.3 Å². The maximum absolute atomic E-state index is 5.34. The van der Waals surface area contributed by atoms with E-state index in [0.717, 1.165) is 23.5 Å². The van der Waals surface area contributed by atoms with E-state index in [1.807, 2.05) is 6.07 Å².